The fourth-order valence-electron chi connectivity index (χ4n) is 3.20. The number of β-amino-alcohol motifs (C(OH)–C–C–N with tert-alkyl or cyclic N) is 1. The Kier molecular flexibility index (Phi) is 3.56. The van der Waals surface area contributed by atoms with Crippen molar-refractivity contribution in [2.24, 2.45) is 0 Å². The molecular formula is C16H21NO2. The molecule has 1 saturated heterocycles. The van der Waals surface area contributed by atoms with Gasteiger partial charge in [0.1, 0.15) is 0 Å². The lowest BCUT2D eigenvalue weighted by Gasteiger charge is -2.30. The molecule has 1 fully saturated rings. The maximum Gasteiger partial charge on any atom is 0.227 e. The number of aliphatic hydroxyl groups excluding tert-OH is 1. The van der Waals surface area contributed by atoms with Crippen molar-refractivity contribution in [3.8, 4) is 0 Å². The van der Waals surface area contributed by atoms with Crippen molar-refractivity contribution in [3.63, 3.8) is 0 Å². The normalized spacial score (nSPS) is 22.4. The molecule has 102 valence electrons. The number of likely N-dealkylation sites (tertiary alicyclic amines) is 1. The molecule has 3 nitrogen and oxygen atoms in total. The number of fused-ring (bicyclic) bond motifs is 1. The van der Waals surface area contributed by atoms with E-state index in [1.165, 1.54) is 24.0 Å². The zero-order valence-corrected chi connectivity index (χ0v) is 11.3. The van der Waals surface area contributed by atoms with E-state index in [2.05, 4.69) is 18.2 Å². The number of carbonyl (C=O) groups is 1. The zero-order chi connectivity index (χ0) is 13.2. The number of hydrogen-bond acceptors (Lipinski definition) is 2. The van der Waals surface area contributed by atoms with Crippen molar-refractivity contribution in [2.75, 3.05) is 13.1 Å². The highest BCUT2D eigenvalue weighted by molar-refractivity contribution is 5.79. The number of carbonyl (C=O) groups excluding carboxylic acids is 1. The van der Waals surface area contributed by atoms with Crippen LogP contribution < -0.4 is 0 Å². The Bertz CT molecular complexity index is 484. The van der Waals surface area contributed by atoms with Crippen LogP contribution in [-0.4, -0.2) is 35.1 Å². The molecule has 1 atom stereocenters. The fourth-order valence-corrected chi connectivity index (χ4v) is 3.20. The Morgan fingerprint density at radius 2 is 2.11 bits per heavy atom. The highest BCUT2D eigenvalue weighted by Crippen LogP contribution is 2.23. The predicted molar refractivity (Wildman–Crippen MR) is 74.0 cm³/mol. The van der Waals surface area contributed by atoms with Crippen LogP contribution in [0.4, 0.5) is 0 Å². The monoisotopic (exact) mass is 259 g/mol. The Hall–Kier alpha value is -1.35. The molecule has 1 aliphatic carbocycles. The maximum atomic E-state index is 12.2. The summed E-state index contributed by atoms with van der Waals surface area (Å²) in [5, 5.41) is 9.63. The minimum Gasteiger partial charge on any atom is -0.391 e. The van der Waals surface area contributed by atoms with Crippen molar-refractivity contribution in [1.82, 2.24) is 4.90 Å². The molecule has 0 saturated carbocycles. The summed E-state index contributed by atoms with van der Waals surface area (Å²) >= 11 is 0. The van der Waals surface area contributed by atoms with Crippen LogP contribution >= 0.6 is 0 Å². The van der Waals surface area contributed by atoms with Crippen LogP contribution in [0, 0.1) is 0 Å². The molecule has 1 heterocycles. The standard InChI is InChI=1S/C16H21NO2/c18-15-5-2-8-17(11-15)16(19)10-12-6-7-13-3-1-4-14(13)9-12/h6-7,9,15,18H,1-5,8,10-11H2/t15-/m0/s1. The van der Waals surface area contributed by atoms with Crippen LogP contribution in [0.3, 0.4) is 0 Å². The Morgan fingerprint density at radius 1 is 1.26 bits per heavy atom. The first-order valence-corrected chi connectivity index (χ1v) is 7.29. The van der Waals surface area contributed by atoms with Crippen LogP contribution in [-0.2, 0) is 24.1 Å². The molecule has 1 aliphatic heterocycles. The number of aliphatic hydroxyl groups is 1. The SMILES string of the molecule is O=C(Cc1ccc2c(c1)CCC2)N1CCC[C@H](O)C1. The summed E-state index contributed by atoms with van der Waals surface area (Å²) in [5.74, 6) is 0.150. The number of nitrogens with zero attached hydrogens (tertiary/aromatic N) is 1. The third kappa shape index (κ3) is 2.81. The van der Waals surface area contributed by atoms with Gasteiger partial charge in [0, 0.05) is 13.1 Å². The van der Waals surface area contributed by atoms with Gasteiger partial charge in [-0.05, 0) is 48.8 Å². The van der Waals surface area contributed by atoms with E-state index in [9.17, 15) is 9.90 Å². The molecule has 1 N–H and O–H groups in total. The van der Waals surface area contributed by atoms with Gasteiger partial charge in [-0.3, -0.25) is 4.79 Å². The van der Waals surface area contributed by atoms with Gasteiger partial charge in [0.15, 0.2) is 0 Å². The number of hydrogen-bond donors (Lipinski definition) is 1. The van der Waals surface area contributed by atoms with E-state index in [4.69, 9.17) is 0 Å². The van der Waals surface area contributed by atoms with Crippen molar-refractivity contribution in [1.29, 1.82) is 0 Å². The van der Waals surface area contributed by atoms with Gasteiger partial charge in [0.2, 0.25) is 5.91 Å². The largest absolute Gasteiger partial charge is 0.391 e. The smallest absolute Gasteiger partial charge is 0.227 e. The number of rotatable bonds is 2. The van der Waals surface area contributed by atoms with Gasteiger partial charge in [-0.1, -0.05) is 18.2 Å². The van der Waals surface area contributed by atoms with Crippen molar-refractivity contribution in [3.05, 3.63) is 34.9 Å². The molecule has 3 rings (SSSR count). The molecular weight excluding hydrogens is 238 g/mol. The van der Waals surface area contributed by atoms with Gasteiger partial charge in [-0.2, -0.15) is 0 Å². The van der Waals surface area contributed by atoms with E-state index in [-0.39, 0.29) is 12.0 Å². The second kappa shape index (κ2) is 5.33. The fraction of sp³-hybridized carbons (Fsp3) is 0.562. The summed E-state index contributed by atoms with van der Waals surface area (Å²) in [7, 11) is 0. The second-order valence-electron chi connectivity index (χ2n) is 5.77. The topological polar surface area (TPSA) is 40.5 Å². The first kappa shape index (κ1) is 12.7. The van der Waals surface area contributed by atoms with Gasteiger partial charge in [0.25, 0.3) is 0 Å². The predicted octanol–water partition coefficient (Wildman–Crippen LogP) is 1.70. The molecule has 1 aromatic rings. The van der Waals surface area contributed by atoms with E-state index < -0.39 is 0 Å². The average molecular weight is 259 g/mol. The molecule has 0 spiro atoms. The first-order valence-electron chi connectivity index (χ1n) is 7.29. The third-order valence-electron chi connectivity index (χ3n) is 4.27. The molecule has 19 heavy (non-hydrogen) atoms. The second-order valence-corrected chi connectivity index (χ2v) is 5.77. The van der Waals surface area contributed by atoms with E-state index in [1.54, 1.807) is 4.90 Å². The van der Waals surface area contributed by atoms with Gasteiger partial charge >= 0.3 is 0 Å². The maximum absolute atomic E-state index is 12.2. The Labute approximate surface area is 114 Å². The van der Waals surface area contributed by atoms with E-state index >= 15 is 0 Å². The van der Waals surface area contributed by atoms with Crippen LogP contribution in [0.15, 0.2) is 18.2 Å². The summed E-state index contributed by atoms with van der Waals surface area (Å²) in [6.07, 6.45) is 5.45. The average Bonchev–Trinajstić information content (AvgIpc) is 2.86. The minimum atomic E-state index is -0.335. The molecule has 0 bridgehead atoms. The van der Waals surface area contributed by atoms with Crippen molar-refractivity contribution in [2.45, 2.75) is 44.6 Å². The molecule has 1 amide bonds. The van der Waals surface area contributed by atoms with Gasteiger partial charge in [-0.25, -0.2) is 0 Å². The van der Waals surface area contributed by atoms with Crippen LogP contribution in [0.5, 0.6) is 0 Å². The summed E-state index contributed by atoms with van der Waals surface area (Å²) in [4.78, 5) is 14.0. The summed E-state index contributed by atoms with van der Waals surface area (Å²) in [5.41, 5.74) is 3.99. The first-order chi connectivity index (χ1) is 9.22. The lowest BCUT2D eigenvalue weighted by molar-refractivity contribution is -0.133. The summed E-state index contributed by atoms with van der Waals surface area (Å²) in [6, 6.07) is 6.46. The Balaban J connectivity index is 1.66. The van der Waals surface area contributed by atoms with Gasteiger partial charge < -0.3 is 10.0 Å². The highest BCUT2D eigenvalue weighted by Gasteiger charge is 2.22. The molecule has 1 aromatic carbocycles. The zero-order valence-electron chi connectivity index (χ0n) is 11.3. The number of amides is 1. The highest BCUT2D eigenvalue weighted by atomic mass is 16.3. The molecule has 0 unspecified atom stereocenters. The number of aryl methyl sites for hydroxylation is 2. The lowest BCUT2D eigenvalue weighted by atomic mass is 10.0. The lowest BCUT2D eigenvalue weighted by Crippen LogP contribution is -2.42. The minimum absolute atomic E-state index is 0.150. The number of piperidine rings is 1. The van der Waals surface area contributed by atoms with Gasteiger partial charge in [0.05, 0.1) is 12.5 Å². The van der Waals surface area contributed by atoms with Crippen LogP contribution in [0.1, 0.15) is 36.0 Å². The third-order valence-corrected chi connectivity index (χ3v) is 4.27. The molecule has 2 aliphatic rings. The van der Waals surface area contributed by atoms with Crippen molar-refractivity contribution < 1.29 is 9.90 Å². The van der Waals surface area contributed by atoms with Crippen LogP contribution in [0.2, 0.25) is 0 Å². The van der Waals surface area contributed by atoms with Crippen LogP contribution in [0.25, 0.3) is 0 Å². The summed E-state index contributed by atoms with van der Waals surface area (Å²) < 4.78 is 0. The van der Waals surface area contributed by atoms with E-state index in [0.29, 0.717) is 13.0 Å². The quantitative estimate of drug-likeness (QED) is 0.878. The summed E-state index contributed by atoms with van der Waals surface area (Å²) in [6.45, 7) is 1.30. The number of benzene rings is 1. The van der Waals surface area contributed by atoms with Crippen molar-refractivity contribution >= 4 is 5.91 Å². The molecule has 0 radical (unpaired) electrons. The van der Waals surface area contributed by atoms with Gasteiger partial charge in [-0.15, -0.1) is 0 Å². The van der Waals surface area contributed by atoms with E-state index in [0.717, 1.165) is 31.4 Å². The van der Waals surface area contributed by atoms with E-state index in [1.807, 2.05) is 0 Å². The molecule has 3 heteroatoms. The molecule has 0 aromatic heterocycles. The Morgan fingerprint density at radius 3 is 2.95 bits per heavy atom.